The van der Waals surface area contributed by atoms with E-state index in [2.05, 4.69) is 6.92 Å². The van der Waals surface area contributed by atoms with Gasteiger partial charge in [-0.05, 0) is 12.8 Å². The molecule has 0 heterocycles. The van der Waals surface area contributed by atoms with Gasteiger partial charge in [0.15, 0.2) is 0 Å². The van der Waals surface area contributed by atoms with E-state index in [1.165, 1.54) is 0 Å². The first-order valence-corrected chi connectivity index (χ1v) is 7.20. The molecule has 0 saturated heterocycles. The molecule has 0 aliphatic carbocycles. The number of carboxylic acid groups (broad SMARTS) is 1. The number of likely N-dealkylation sites (N-methyl/N-ethyl adjacent to an activating group) is 1. The van der Waals surface area contributed by atoms with Crippen molar-refractivity contribution in [1.82, 2.24) is 0 Å². The molecule has 0 aromatic carbocycles. The van der Waals surface area contributed by atoms with Crippen LogP contribution in [0.25, 0.3) is 0 Å². The van der Waals surface area contributed by atoms with Crippen LogP contribution in [0.3, 0.4) is 0 Å². The van der Waals surface area contributed by atoms with Crippen molar-refractivity contribution in [2.24, 2.45) is 5.92 Å². The molecule has 2 atom stereocenters. The van der Waals surface area contributed by atoms with E-state index in [9.17, 15) is 15.0 Å². The normalized spacial score (nSPS) is 15.6. The number of rotatable bonds is 10. The van der Waals surface area contributed by atoms with E-state index in [1.54, 1.807) is 0 Å². The summed E-state index contributed by atoms with van der Waals surface area (Å²) in [6, 6.07) is 0. The maximum absolute atomic E-state index is 10.9. The van der Waals surface area contributed by atoms with Gasteiger partial charge in [0, 0.05) is 5.92 Å². The van der Waals surface area contributed by atoms with Crippen molar-refractivity contribution in [2.45, 2.75) is 45.6 Å². The molecule has 4 heteroatoms. The van der Waals surface area contributed by atoms with E-state index in [4.69, 9.17) is 0 Å². The minimum absolute atomic E-state index is 0.453. The van der Waals surface area contributed by atoms with Crippen LogP contribution in [-0.4, -0.2) is 48.8 Å². The Hall–Kier alpha value is -0.870. The maximum Gasteiger partial charge on any atom is 0.121 e. The van der Waals surface area contributed by atoms with Gasteiger partial charge in [0.05, 0.1) is 26.6 Å². The minimum Gasteiger partial charge on any atom is -0.550 e. The van der Waals surface area contributed by atoms with Gasteiger partial charge in [-0.2, -0.15) is 0 Å². The lowest BCUT2D eigenvalue weighted by molar-refractivity contribution is -0.895. The Morgan fingerprint density at radius 1 is 1.32 bits per heavy atom. The Kier molecular flexibility index (Phi) is 8.68. The smallest absolute Gasteiger partial charge is 0.121 e. The van der Waals surface area contributed by atoms with Gasteiger partial charge in [0.25, 0.3) is 0 Å². The van der Waals surface area contributed by atoms with Crippen molar-refractivity contribution in [1.29, 1.82) is 0 Å². The fourth-order valence-electron chi connectivity index (χ4n) is 2.18. The molecule has 4 nitrogen and oxygen atoms in total. The molecule has 2 unspecified atom stereocenters. The quantitative estimate of drug-likeness (QED) is 0.365. The average molecular weight is 271 g/mol. The zero-order valence-corrected chi connectivity index (χ0v) is 12.8. The highest BCUT2D eigenvalue weighted by molar-refractivity contribution is 5.67. The molecule has 0 aliphatic rings. The van der Waals surface area contributed by atoms with Gasteiger partial charge in [-0.1, -0.05) is 38.8 Å². The minimum atomic E-state index is -0.998. The SMILES string of the molecule is CCCC/C=C/C(O)C[N+](C)(C)CC(CC)C(=O)[O-]. The van der Waals surface area contributed by atoms with E-state index >= 15 is 0 Å². The Bertz CT molecular complexity index is 287. The summed E-state index contributed by atoms with van der Waals surface area (Å²) >= 11 is 0. The number of carbonyl (C=O) groups excluding carboxylic acids is 1. The molecule has 0 amide bonds. The van der Waals surface area contributed by atoms with Gasteiger partial charge in [0.2, 0.25) is 0 Å². The molecule has 0 rings (SSSR count). The summed E-state index contributed by atoms with van der Waals surface area (Å²) in [6.45, 7) is 4.99. The number of carbonyl (C=O) groups is 1. The molecule has 0 saturated carbocycles. The fourth-order valence-corrected chi connectivity index (χ4v) is 2.18. The van der Waals surface area contributed by atoms with Crippen molar-refractivity contribution < 1.29 is 19.5 Å². The summed E-state index contributed by atoms with van der Waals surface area (Å²) in [6.07, 6.45) is 7.12. The third kappa shape index (κ3) is 8.78. The Labute approximate surface area is 117 Å². The number of allylic oxidation sites excluding steroid dienone is 1. The predicted octanol–water partition coefficient (Wildman–Crippen LogP) is 0.946. The number of hydrogen-bond donors (Lipinski definition) is 1. The summed E-state index contributed by atoms with van der Waals surface area (Å²) in [5.74, 6) is -1.45. The molecular formula is C15H29NO3. The molecular weight excluding hydrogens is 242 g/mol. The number of aliphatic hydroxyl groups is 1. The molecule has 0 spiro atoms. The van der Waals surface area contributed by atoms with E-state index in [0.29, 0.717) is 24.0 Å². The molecule has 1 N–H and O–H groups in total. The third-order valence-electron chi connectivity index (χ3n) is 3.30. The van der Waals surface area contributed by atoms with E-state index in [1.807, 2.05) is 33.2 Å². The molecule has 0 radical (unpaired) electrons. The monoisotopic (exact) mass is 271 g/mol. The third-order valence-corrected chi connectivity index (χ3v) is 3.30. The Balaban J connectivity index is 4.26. The van der Waals surface area contributed by atoms with Gasteiger partial charge in [-0.25, -0.2) is 0 Å². The van der Waals surface area contributed by atoms with Gasteiger partial charge in [0.1, 0.15) is 12.6 Å². The first kappa shape index (κ1) is 18.1. The van der Waals surface area contributed by atoms with Crippen LogP contribution in [0.1, 0.15) is 39.5 Å². The van der Waals surface area contributed by atoms with Crippen LogP contribution < -0.4 is 5.11 Å². The van der Waals surface area contributed by atoms with E-state index in [0.717, 1.165) is 19.3 Å². The van der Waals surface area contributed by atoms with Crippen molar-refractivity contribution in [3.8, 4) is 0 Å². The highest BCUT2D eigenvalue weighted by Crippen LogP contribution is 2.10. The van der Waals surface area contributed by atoms with E-state index in [-0.39, 0.29) is 0 Å². The number of nitrogens with zero attached hydrogens (tertiary/aromatic N) is 1. The summed E-state index contributed by atoms with van der Waals surface area (Å²) in [4.78, 5) is 10.9. The molecule has 19 heavy (non-hydrogen) atoms. The second-order valence-corrected chi connectivity index (χ2v) is 5.86. The molecule has 112 valence electrons. The number of unbranched alkanes of at least 4 members (excludes halogenated alkanes) is 2. The predicted molar refractivity (Wildman–Crippen MR) is 75.3 cm³/mol. The van der Waals surface area contributed by atoms with E-state index < -0.39 is 18.0 Å². The number of carboxylic acids is 1. The van der Waals surface area contributed by atoms with Crippen molar-refractivity contribution in [3.05, 3.63) is 12.2 Å². The lowest BCUT2D eigenvalue weighted by Gasteiger charge is -2.34. The highest BCUT2D eigenvalue weighted by atomic mass is 16.4. The van der Waals surface area contributed by atoms with Crippen LogP contribution >= 0.6 is 0 Å². The molecule has 0 fully saturated rings. The second kappa shape index (κ2) is 9.10. The standard InChI is InChI=1S/C15H29NO3/c1-5-7-8-9-10-14(17)12-16(3,4)11-13(6-2)15(18)19/h9-10,13-14,17H,5-8,11-12H2,1-4H3/b10-9+. The number of hydrogen-bond acceptors (Lipinski definition) is 3. The first-order valence-electron chi connectivity index (χ1n) is 7.20. The number of quaternary nitrogens is 1. The largest absolute Gasteiger partial charge is 0.550 e. The lowest BCUT2D eigenvalue weighted by Crippen LogP contribution is -2.51. The fraction of sp³-hybridized carbons (Fsp3) is 0.800. The zero-order chi connectivity index (χ0) is 14.9. The van der Waals surface area contributed by atoms with Gasteiger partial charge >= 0.3 is 0 Å². The van der Waals surface area contributed by atoms with Gasteiger partial charge in [-0.3, -0.25) is 0 Å². The van der Waals surface area contributed by atoms with Gasteiger partial charge < -0.3 is 19.5 Å². The Morgan fingerprint density at radius 2 is 1.95 bits per heavy atom. The number of aliphatic carboxylic acids is 1. The molecule has 0 aromatic rings. The van der Waals surface area contributed by atoms with Crippen molar-refractivity contribution in [2.75, 3.05) is 27.2 Å². The maximum atomic E-state index is 10.9. The van der Waals surface area contributed by atoms with Crippen molar-refractivity contribution >= 4 is 5.97 Å². The zero-order valence-electron chi connectivity index (χ0n) is 12.8. The van der Waals surface area contributed by atoms with Crippen LogP contribution in [0.5, 0.6) is 0 Å². The molecule has 0 aromatic heterocycles. The first-order chi connectivity index (χ1) is 8.82. The van der Waals surface area contributed by atoms with Crippen LogP contribution in [-0.2, 0) is 4.79 Å². The summed E-state index contributed by atoms with van der Waals surface area (Å²) < 4.78 is 0.478. The average Bonchev–Trinajstić information content (AvgIpc) is 2.30. The summed E-state index contributed by atoms with van der Waals surface area (Å²) in [5, 5.41) is 20.9. The second-order valence-electron chi connectivity index (χ2n) is 5.86. The van der Waals surface area contributed by atoms with Crippen LogP contribution in [0.2, 0.25) is 0 Å². The number of aliphatic hydroxyl groups excluding tert-OH is 1. The summed E-state index contributed by atoms with van der Waals surface area (Å²) in [5.41, 5.74) is 0. The topological polar surface area (TPSA) is 60.4 Å². The highest BCUT2D eigenvalue weighted by Gasteiger charge is 2.24. The van der Waals surface area contributed by atoms with Crippen molar-refractivity contribution in [3.63, 3.8) is 0 Å². The molecule has 0 bridgehead atoms. The Morgan fingerprint density at radius 3 is 2.42 bits per heavy atom. The molecule has 0 aliphatic heterocycles. The van der Waals surface area contributed by atoms with Crippen LogP contribution in [0, 0.1) is 5.92 Å². The van der Waals surface area contributed by atoms with Gasteiger partial charge in [-0.15, -0.1) is 0 Å². The summed E-state index contributed by atoms with van der Waals surface area (Å²) in [7, 11) is 3.88. The van der Waals surface area contributed by atoms with Crippen LogP contribution in [0.4, 0.5) is 0 Å². The lowest BCUT2D eigenvalue weighted by atomic mass is 10.1. The van der Waals surface area contributed by atoms with Crippen LogP contribution in [0.15, 0.2) is 12.2 Å².